The molecule has 0 saturated carbocycles. The van der Waals surface area contributed by atoms with Crippen LogP contribution < -0.4 is 5.48 Å². The molecule has 3 aromatic rings. The summed E-state index contributed by atoms with van der Waals surface area (Å²) in [4.78, 5) is 27.9. The predicted octanol–water partition coefficient (Wildman–Crippen LogP) is 2.98. The number of fused-ring (bicyclic) bond motifs is 1. The lowest BCUT2D eigenvalue weighted by atomic mass is 10.0. The van der Waals surface area contributed by atoms with E-state index in [9.17, 15) is 9.59 Å². The fraction of sp³-hybridized carbons (Fsp3) is 0. The zero-order chi connectivity index (χ0) is 16.9. The monoisotopic (exact) mass is 318 g/mol. The quantitative estimate of drug-likeness (QED) is 0.335. The van der Waals surface area contributed by atoms with Gasteiger partial charge in [0, 0.05) is 17.0 Å². The Morgan fingerprint density at radius 3 is 2.46 bits per heavy atom. The fourth-order valence-electron chi connectivity index (χ4n) is 2.30. The molecule has 0 spiro atoms. The molecule has 0 aliphatic rings. The Morgan fingerprint density at radius 1 is 0.958 bits per heavy atom. The van der Waals surface area contributed by atoms with Crippen LogP contribution >= 0.6 is 0 Å². The largest absolute Gasteiger partial charge is 0.288 e. The molecule has 0 saturated heterocycles. The van der Waals surface area contributed by atoms with Crippen LogP contribution in [0.3, 0.4) is 0 Å². The first-order chi connectivity index (χ1) is 11.7. The number of pyridine rings is 1. The van der Waals surface area contributed by atoms with Crippen molar-refractivity contribution in [2.24, 2.45) is 0 Å². The molecular formula is C19H14N2O3. The number of hydrogen-bond donors (Lipinski definition) is 2. The molecule has 1 aromatic heterocycles. The normalized spacial score (nSPS) is 10.9. The van der Waals surface area contributed by atoms with Crippen molar-refractivity contribution in [2.45, 2.75) is 0 Å². The van der Waals surface area contributed by atoms with Crippen LogP contribution in [0.15, 0.2) is 66.7 Å². The van der Waals surface area contributed by atoms with Crippen molar-refractivity contribution in [3.8, 4) is 0 Å². The molecule has 0 aliphatic heterocycles. The topological polar surface area (TPSA) is 79.3 Å². The summed E-state index contributed by atoms with van der Waals surface area (Å²) in [5, 5.41) is 9.41. The van der Waals surface area contributed by atoms with Gasteiger partial charge in [-0.05, 0) is 23.8 Å². The molecule has 5 nitrogen and oxygen atoms in total. The minimum absolute atomic E-state index is 0.163. The van der Waals surface area contributed by atoms with Crippen molar-refractivity contribution in [3.05, 3.63) is 83.6 Å². The first kappa shape index (κ1) is 15.6. The van der Waals surface area contributed by atoms with E-state index in [1.807, 2.05) is 30.3 Å². The van der Waals surface area contributed by atoms with E-state index in [2.05, 4.69) is 4.98 Å². The molecule has 118 valence electrons. The van der Waals surface area contributed by atoms with E-state index < -0.39 is 5.91 Å². The number of rotatable bonds is 4. The second kappa shape index (κ2) is 6.85. The Morgan fingerprint density at radius 2 is 1.71 bits per heavy atom. The molecule has 0 radical (unpaired) electrons. The van der Waals surface area contributed by atoms with Gasteiger partial charge in [0.1, 0.15) is 5.69 Å². The van der Waals surface area contributed by atoms with Crippen molar-refractivity contribution < 1.29 is 14.8 Å². The number of amides is 1. The van der Waals surface area contributed by atoms with Gasteiger partial charge in [0.25, 0.3) is 5.91 Å². The highest BCUT2D eigenvalue weighted by atomic mass is 16.5. The number of hydroxylamine groups is 1. The van der Waals surface area contributed by atoms with Gasteiger partial charge in [-0.2, -0.15) is 0 Å². The average molecular weight is 318 g/mol. The number of para-hydroxylation sites is 1. The Labute approximate surface area is 138 Å². The van der Waals surface area contributed by atoms with Gasteiger partial charge in [-0.3, -0.25) is 14.8 Å². The standard InChI is InChI=1S/C19H14N2O3/c22-18(21-24)12-7-13-5-8-15(9-6-13)19(23)17-11-10-14-3-1-2-4-16(14)20-17/h1-12,24H,(H,21,22)/b12-7+. The lowest BCUT2D eigenvalue weighted by molar-refractivity contribution is -0.124. The van der Waals surface area contributed by atoms with Crippen LogP contribution in [0.5, 0.6) is 0 Å². The highest BCUT2D eigenvalue weighted by molar-refractivity contribution is 6.08. The third kappa shape index (κ3) is 3.37. The summed E-state index contributed by atoms with van der Waals surface area (Å²) in [5.74, 6) is -0.778. The highest BCUT2D eigenvalue weighted by Crippen LogP contribution is 2.15. The maximum Gasteiger partial charge on any atom is 0.267 e. The molecule has 1 heterocycles. The summed E-state index contributed by atoms with van der Waals surface area (Å²) < 4.78 is 0. The van der Waals surface area contributed by atoms with Gasteiger partial charge < -0.3 is 0 Å². The van der Waals surface area contributed by atoms with Gasteiger partial charge in [0.15, 0.2) is 0 Å². The smallest absolute Gasteiger partial charge is 0.267 e. The number of aromatic nitrogens is 1. The van der Waals surface area contributed by atoms with Gasteiger partial charge in [-0.1, -0.05) is 48.5 Å². The van der Waals surface area contributed by atoms with E-state index >= 15 is 0 Å². The summed E-state index contributed by atoms with van der Waals surface area (Å²) >= 11 is 0. The number of benzene rings is 2. The molecule has 5 heteroatoms. The maximum absolute atomic E-state index is 12.5. The van der Waals surface area contributed by atoms with Crippen LogP contribution in [0.2, 0.25) is 0 Å². The first-order valence-corrected chi connectivity index (χ1v) is 7.30. The summed E-state index contributed by atoms with van der Waals surface area (Å²) in [6.45, 7) is 0. The first-order valence-electron chi connectivity index (χ1n) is 7.30. The van der Waals surface area contributed by atoms with Gasteiger partial charge >= 0.3 is 0 Å². The molecule has 24 heavy (non-hydrogen) atoms. The van der Waals surface area contributed by atoms with Gasteiger partial charge in [0.2, 0.25) is 5.78 Å². The molecule has 2 N–H and O–H groups in total. The van der Waals surface area contributed by atoms with Crippen LogP contribution in [0.25, 0.3) is 17.0 Å². The van der Waals surface area contributed by atoms with Crippen molar-refractivity contribution in [3.63, 3.8) is 0 Å². The Kier molecular flexibility index (Phi) is 4.45. The van der Waals surface area contributed by atoms with Gasteiger partial charge in [-0.25, -0.2) is 10.5 Å². The van der Waals surface area contributed by atoms with Crippen LogP contribution in [0, 0.1) is 0 Å². The van der Waals surface area contributed by atoms with Crippen molar-refractivity contribution in [1.29, 1.82) is 0 Å². The van der Waals surface area contributed by atoms with Crippen LogP contribution in [-0.2, 0) is 4.79 Å². The Bertz CT molecular complexity index is 931. The number of ketones is 1. The van der Waals surface area contributed by atoms with Gasteiger partial charge in [0.05, 0.1) is 5.52 Å². The molecule has 3 rings (SSSR count). The fourth-order valence-corrected chi connectivity index (χ4v) is 2.30. The van der Waals surface area contributed by atoms with Crippen molar-refractivity contribution in [1.82, 2.24) is 10.5 Å². The third-order valence-electron chi connectivity index (χ3n) is 3.54. The van der Waals surface area contributed by atoms with E-state index in [4.69, 9.17) is 5.21 Å². The second-order valence-electron chi connectivity index (χ2n) is 5.15. The Hall–Kier alpha value is -3.31. The molecule has 0 aliphatic carbocycles. The number of nitrogens with one attached hydrogen (secondary N) is 1. The van der Waals surface area contributed by atoms with Crippen LogP contribution in [0.1, 0.15) is 21.6 Å². The molecule has 2 aromatic carbocycles. The van der Waals surface area contributed by atoms with E-state index in [0.29, 0.717) is 11.3 Å². The molecule has 0 bridgehead atoms. The summed E-state index contributed by atoms with van der Waals surface area (Å²) in [7, 11) is 0. The lowest BCUT2D eigenvalue weighted by Gasteiger charge is -2.03. The number of carbonyl (C=O) groups is 2. The maximum atomic E-state index is 12.5. The van der Waals surface area contributed by atoms with Crippen LogP contribution in [-0.4, -0.2) is 21.9 Å². The highest BCUT2D eigenvalue weighted by Gasteiger charge is 2.11. The van der Waals surface area contributed by atoms with Crippen molar-refractivity contribution >= 4 is 28.7 Å². The Balaban J connectivity index is 1.83. The van der Waals surface area contributed by atoms with Crippen molar-refractivity contribution in [2.75, 3.05) is 0 Å². The molecule has 0 fully saturated rings. The summed E-state index contributed by atoms with van der Waals surface area (Å²) in [6, 6.07) is 18.0. The molecule has 0 atom stereocenters. The second-order valence-corrected chi connectivity index (χ2v) is 5.15. The zero-order valence-corrected chi connectivity index (χ0v) is 12.6. The zero-order valence-electron chi connectivity index (χ0n) is 12.6. The van der Waals surface area contributed by atoms with Gasteiger partial charge in [-0.15, -0.1) is 0 Å². The summed E-state index contributed by atoms with van der Waals surface area (Å²) in [6.07, 6.45) is 2.73. The molecule has 0 unspecified atom stereocenters. The van der Waals surface area contributed by atoms with E-state index in [-0.39, 0.29) is 5.78 Å². The third-order valence-corrected chi connectivity index (χ3v) is 3.54. The number of carbonyl (C=O) groups excluding carboxylic acids is 2. The average Bonchev–Trinajstić information content (AvgIpc) is 2.65. The SMILES string of the molecule is O=C(/C=C/c1ccc(C(=O)c2ccc3ccccc3n2)cc1)NO. The minimum Gasteiger partial charge on any atom is -0.288 e. The predicted molar refractivity (Wildman–Crippen MR) is 90.6 cm³/mol. The number of nitrogens with zero attached hydrogens (tertiary/aromatic N) is 1. The summed E-state index contributed by atoms with van der Waals surface area (Å²) in [5.41, 5.74) is 3.93. The number of hydrogen-bond acceptors (Lipinski definition) is 4. The van der Waals surface area contributed by atoms with E-state index in [1.165, 1.54) is 17.6 Å². The molecule has 1 amide bonds. The minimum atomic E-state index is -0.615. The molecular weight excluding hydrogens is 304 g/mol. The van der Waals surface area contributed by atoms with E-state index in [0.717, 1.165) is 16.5 Å². The van der Waals surface area contributed by atoms with E-state index in [1.54, 1.807) is 30.3 Å². The lowest BCUT2D eigenvalue weighted by Crippen LogP contribution is -2.14. The van der Waals surface area contributed by atoms with Crippen LogP contribution in [0.4, 0.5) is 0 Å².